The standard InChI is InChI=1S/C17H10Cl2N6O2/c18-10-4-1-3-9(7-10)17(26)23-14-13(20-12-6-2-5-11(19)8-12)21-15-16(22-14)25-27-24-15/h1-8H,(H,20,21,24)(H,22,23,25,26). The predicted octanol–water partition coefficient (Wildman–Crippen LogP) is 4.32. The highest BCUT2D eigenvalue weighted by molar-refractivity contribution is 6.31. The minimum absolute atomic E-state index is 0.156. The second kappa shape index (κ2) is 7.18. The molecule has 10 heteroatoms. The number of hydrogen-bond acceptors (Lipinski definition) is 7. The van der Waals surface area contributed by atoms with Gasteiger partial charge in [-0.05, 0) is 46.7 Å². The lowest BCUT2D eigenvalue weighted by Gasteiger charge is -2.11. The number of nitrogens with one attached hydrogen (secondary N) is 2. The van der Waals surface area contributed by atoms with Gasteiger partial charge in [-0.15, -0.1) is 0 Å². The molecule has 2 aromatic heterocycles. The highest BCUT2D eigenvalue weighted by Gasteiger charge is 2.16. The number of halogens is 2. The van der Waals surface area contributed by atoms with Crippen molar-refractivity contribution in [3.63, 3.8) is 0 Å². The summed E-state index contributed by atoms with van der Waals surface area (Å²) in [7, 11) is 0. The van der Waals surface area contributed by atoms with Crippen LogP contribution >= 0.6 is 23.2 Å². The molecule has 0 bridgehead atoms. The van der Waals surface area contributed by atoms with Gasteiger partial charge >= 0.3 is 0 Å². The van der Waals surface area contributed by atoms with Gasteiger partial charge in [0.25, 0.3) is 5.91 Å². The van der Waals surface area contributed by atoms with Crippen molar-refractivity contribution in [2.75, 3.05) is 10.6 Å². The maximum absolute atomic E-state index is 12.6. The van der Waals surface area contributed by atoms with Crippen LogP contribution in [0.25, 0.3) is 11.3 Å². The first-order valence-corrected chi connectivity index (χ1v) is 8.44. The minimum Gasteiger partial charge on any atom is -0.337 e. The first kappa shape index (κ1) is 17.2. The van der Waals surface area contributed by atoms with Crippen molar-refractivity contribution in [1.82, 2.24) is 20.3 Å². The maximum Gasteiger partial charge on any atom is 0.256 e. The van der Waals surface area contributed by atoms with Crippen molar-refractivity contribution in [3.8, 4) is 0 Å². The zero-order valence-corrected chi connectivity index (χ0v) is 15.0. The molecule has 27 heavy (non-hydrogen) atoms. The van der Waals surface area contributed by atoms with E-state index in [1.165, 1.54) is 0 Å². The van der Waals surface area contributed by atoms with Gasteiger partial charge < -0.3 is 10.6 Å². The highest BCUT2D eigenvalue weighted by Crippen LogP contribution is 2.26. The highest BCUT2D eigenvalue weighted by atomic mass is 35.5. The molecule has 0 aliphatic carbocycles. The molecule has 0 saturated carbocycles. The van der Waals surface area contributed by atoms with E-state index in [1.807, 2.05) is 0 Å². The van der Waals surface area contributed by atoms with Gasteiger partial charge in [0.2, 0.25) is 11.3 Å². The van der Waals surface area contributed by atoms with Crippen LogP contribution in [0, 0.1) is 0 Å². The molecule has 0 unspecified atom stereocenters. The molecule has 1 amide bonds. The fourth-order valence-corrected chi connectivity index (χ4v) is 2.71. The number of anilines is 3. The molecule has 0 spiro atoms. The molecule has 8 nitrogen and oxygen atoms in total. The van der Waals surface area contributed by atoms with Crippen LogP contribution < -0.4 is 10.6 Å². The summed E-state index contributed by atoms with van der Waals surface area (Å²) < 4.78 is 4.65. The fourth-order valence-electron chi connectivity index (χ4n) is 2.32. The molecule has 0 aliphatic heterocycles. The third-order valence-electron chi connectivity index (χ3n) is 3.52. The van der Waals surface area contributed by atoms with Gasteiger partial charge in [0, 0.05) is 21.3 Å². The Labute approximate surface area is 162 Å². The number of rotatable bonds is 4. The number of nitrogens with zero attached hydrogens (tertiary/aromatic N) is 4. The Kier molecular flexibility index (Phi) is 4.57. The van der Waals surface area contributed by atoms with Crippen LogP contribution in [-0.4, -0.2) is 26.2 Å². The summed E-state index contributed by atoms with van der Waals surface area (Å²) in [5.74, 6) is 0.00995. The van der Waals surface area contributed by atoms with Crippen LogP contribution in [0.5, 0.6) is 0 Å². The number of aromatic nitrogens is 4. The second-order valence-corrected chi connectivity index (χ2v) is 6.30. The molecule has 2 heterocycles. The molecule has 0 aliphatic rings. The number of hydrogen-bond donors (Lipinski definition) is 2. The lowest BCUT2D eigenvalue weighted by atomic mass is 10.2. The quantitative estimate of drug-likeness (QED) is 0.525. The SMILES string of the molecule is O=C(Nc1nc2nonc2nc1Nc1cccc(Cl)c1)c1cccc(Cl)c1. The molecule has 0 radical (unpaired) electrons. The predicted molar refractivity (Wildman–Crippen MR) is 102 cm³/mol. The van der Waals surface area contributed by atoms with Crippen molar-refractivity contribution in [2.45, 2.75) is 0 Å². The molecule has 4 aromatic rings. The van der Waals surface area contributed by atoms with Crippen LogP contribution in [0.3, 0.4) is 0 Å². The summed E-state index contributed by atoms with van der Waals surface area (Å²) >= 11 is 12.0. The number of carbonyl (C=O) groups is 1. The van der Waals surface area contributed by atoms with Gasteiger partial charge in [-0.25, -0.2) is 14.6 Å². The Morgan fingerprint density at radius 1 is 0.889 bits per heavy atom. The van der Waals surface area contributed by atoms with Crippen LogP contribution in [-0.2, 0) is 0 Å². The Bertz CT molecular complexity index is 1150. The van der Waals surface area contributed by atoms with E-state index in [1.54, 1.807) is 48.5 Å². The second-order valence-electron chi connectivity index (χ2n) is 5.43. The van der Waals surface area contributed by atoms with E-state index in [0.717, 1.165) is 0 Å². The van der Waals surface area contributed by atoms with Crippen molar-refractivity contribution in [3.05, 3.63) is 64.1 Å². The normalized spacial score (nSPS) is 10.7. The molecule has 2 aromatic carbocycles. The van der Waals surface area contributed by atoms with Gasteiger partial charge in [-0.2, -0.15) is 0 Å². The van der Waals surface area contributed by atoms with Crippen LogP contribution in [0.1, 0.15) is 10.4 Å². The van der Waals surface area contributed by atoms with Crippen molar-refractivity contribution in [1.29, 1.82) is 0 Å². The molecule has 0 atom stereocenters. The summed E-state index contributed by atoms with van der Waals surface area (Å²) in [5.41, 5.74) is 1.38. The van der Waals surface area contributed by atoms with Crippen LogP contribution in [0.15, 0.2) is 53.2 Å². The Morgan fingerprint density at radius 2 is 1.56 bits per heavy atom. The van der Waals surface area contributed by atoms with Gasteiger partial charge in [-0.3, -0.25) is 4.79 Å². The molecular weight excluding hydrogens is 391 g/mol. The lowest BCUT2D eigenvalue weighted by Crippen LogP contribution is -2.15. The van der Waals surface area contributed by atoms with E-state index < -0.39 is 5.91 Å². The van der Waals surface area contributed by atoms with Crippen molar-refractivity contribution < 1.29 is 9.42 Å². The summed E-state index contributed by atoms with van der Waals surface area (Å²) in [6.45, 7) is 0. The first-order valence-electron chi connectivity index (χ1n) is 7.68. The Morgan fingerprint density at radius 3 is 2.26 bits per heavy atom. The molecular formula is C17H10Cl2N6O2. The topological polar surface area (TPSA) is 106 Å². The molecule has 134 valence electrons. The number of carbonyl (C=O) groups excluding carboxylic acids is 1. The minimum atomic E-state index is -0.406. The average molecular weight is 401 g/mol. The number of fused-ring (bicyclic) bond motifs is 1. The zero-order chi connectivity index (χ0) is 18.8. The van der Waals surface area contributed by atoms with Crippen molar-refractivity contribution in [2.24, 2.45) is 0 Å². The monoisotopic (exact) mass is 400 g/mol. The first-order chi connectivity index (χ1) is 13.1. The van der Waals surface area contributed by atoms with E-state index >= 15 is 0 Å². The van der Waals surface area contributed by atoms with Crippen LogP contribution in [0.2, 0.25) is 10.0 Å². The summed E-state index contributed by atoms with van der Waals surface area (Å²) in [6, 6.07) is 13.6. The molecule has 0 saturated heterocycles. The average Bonchev–Trinajstić information content (AvgIpc) is 3.09. The third kappa shape index (κ3) is 3.81. The van der Waals surface area contributed by atoms with E-state index in [4.69, 9.17) is 23.2 Å². The van der Waals surface area contributed by atoms with Crippen molar-refractivity contribution >= 4 is 57.7 Å². The number of amides is 1. The lowest BCUT2D eigenvalue weighted by molar-refractivity contribution is 0.102. The summed E-state index contributed by atoms with van der Waals surface area (Å²) in [5, 5.41) is 14.1. The van der Waals surface area contributed by atoms with Gasteiger partial charge in [-0.1, -0.05) is 35.3 Å². The maximum atomic E-state index is 12.6. The molecule has 4 rings (SSSR count). The van der Waals surface area contributed by atoms with Gasteiger partial charge in [0.15, 0.2) is 11.6 Å². The largest absolute Gasteiger partial charge is 0.337 e. The summed E-state index contributed by atoms with van der Waals surface area (Å²) in [6.07, 6.45) is 0. The van der Waals surface area contributed by atoms with E-state index in [-0.39, 0.29) is 22.9 Å². The zero-order valence-electron chi connectivity index (χ0n) is 13.5. The molecule has 2 N–H and O–H groups in total. The van der Waals surface area contributed by atoms with E-state index in [0.29, 0.717) is 21.3 Å². The van der Waals surface area contributed by atoms with Crippen LogP contribution in [0.4, 0.5) is 17.3 Å². The van der Waals surface area contributed by atoms with E-state index in [9.17, 15) is 4.79 Å². The van der Waals surface area contributed by atoms with Gasteiger partial charge in [0.05, 0.1) is 0 Å². The Balaban J connectivity index is 1.70. The number of benzene rings is 2. The smallest absolute Gasteiger partial charge is 0.256 e. The summed E-state index contributed by atoms with van der Waals surface area (Å²) in [4.78, 5) is 21.1. The Hall–Kier alpha value is -3.23. The molecule has 0 fully saturated rings. The fraction of sp³-hybridized carbons (Fsp3) is 0. The van der Waals surface area contributed by atoms with Gasteiger partial charge in [0.1, 0.15) is 0 Å². The third-order valence-corrected chi connectivity index (χ3v) is 3.99. The van der Waals surface area contributed by atoms with E-state index in [2.05, 4.69) is 35.5 Å².